The van der Waals surface area contributed by atoms with Crippen molar-refractivity contribution in [3.63, 3.8) is 0 Å². The molecule has 4 aromatic rings. The predicted octanol–water partition coefficient (Wildman–Crippen LogP) is 5.75. The van der Waals surface area contributed by atoms with Crippen LogP contribution in [0.4, 0.5) is 13.2 Å². The van der Waals surface area contributed by atoms with E-state index in [1.54, 1.807) is 57.7 Å². The molecule has 0 radical (unpaired) electrons. The van der Waals surface area contributed by atoms with Gasteiger partial charge in [0.1, 0.15) is 34.9 Å². The van der Waals surface area contributed by atoms with E-state index in [1.165, 1.54) is 18.9 Å². The second-order valence-electron chi connectivity index (χ2n) is 10.1. The largest absolute Gasteiger partial charge is 0.496 e. The zero-order valence-electron chi connectivity index (χ0n) is 22.7. The zero-order chi connectivity index (χ0) is 29.2. The number of alkyl halides is 3. The fraction of sp³-hybridized carbons (Fsp3) is 0.357. The second kappa shape index (κ2) is 11.0. The molecule has 0 spiro atoms. The molecule has 40 heavy (non-hydrogen) atoms. The maximum Gasteiger partial charge on any atom is 0.389 e. The van der Waals surface area contributed by atoms with Crippen LogP contribution < -0.4 is 9.47 Å². The van der Waals surface area contributed by atoms with Crippen molar-refractivity contribution in [2.45, 2.75) is 51.9 Å². The van der Waals surface area contributed by atoms with E-state index < -0.39 is 36.4 Å². The summed E-state index contributed by atoms with van der Waals surface area (Å²) in [5.74, 6) is -0.919. The molecule has 3 heterocycles. The lowest BCUT2D eigenvalue weighted by Crippen LogP contribution is -2.26. The van der Waals surface area contributed by atoms with Gasteiger partial charge in [-0.1, -0.05) is 0 Å². The number of hydrogen-bond acceptors (Lipinski definition) is 7. The molecule has 0 amide bonds. The van der Waals surface area contributed by atoms with Crippen LogP contribution in [0.1, 0.15) is 44.0 Å². The van der Waals surface area contributed by atoms with Gasteiger partial charge in [-0.25, -0.2) is 4.98 Å². The lowest BCUT2D eigenvalue weighted by Gasteiger charge is -2.19. The molecule has 0 saturated heterocycles. The Morgan fingerprint density at radius 1 is 0.950 bits per heavy atom. The highest BCUT2D eigenvalue weighted by atomic mass is 19.4. The number of nitrogens with zero attached hydrogens (tertiary/aromatic N) is 4. The van der Waals surface area contributed by atoms with E-state index in [4.69, 9.17) is 14.2 Å². The number of esters is 1. The molecule has 0 fully saturated rings. The maximum atomic E-state index is 12.7. The summed E-state index contributed by atoms with van der Waals surface area (Å²) in [7, 11) is 2.67. The van der Waals surface area contributed by atoms with Crippen molar-refractivity contribution in [2.24, 2.45) is 0 Å². The number of halogens is 3. The molecule has 0 aliphatic heterocycles. The Labute approximate surface area is 228 Å². The van der Waals surface area contributed by atoms with Gasteiger partial charge < -0.3 is 14.2 Å². The number of methoxy groups -OCH3 is 2. The number of carbonyl (C=O) groups is 2. The molecule has 3 aromatic heterocycles. The number of aromatic nitrogens is 4. The summed E-state index contributed by atoms with van der Waals surface area (Å²) in [5, 5.41) is 4.25. The number of pyridine rings is 1. The average Bonchev–Trinajstić information content (AvgIpc) is 3.51. The second-order valence-corrected chi connectivity index (χ2v) is 10.1. The van der Waals surface area contributed by atoms with E-state index in [9.17, 15) is 22.8 Å². The van der Waals surface area contributed by atoms with Crippen molar-refractivity contribution >= 4 is 17.4 Å². The number of rotatable bonds is 9. The topological polar surface area (TPSA) is 97.0 Å². The van der Waals surface area contributed by atoms with Gasteiger partial charge in [-0.2, -0.15) is 18.3 Å². The Morgan fingerprint density at radius 2 is 1.62 bits per heavy atom. The smallest absolute Gasteiger partial charge is 0.389 e. The van der Waals surface area contributed by atoms with Crippen LogP contribution in [-0.4, -0.2) is 56.9 Å². The van der Waals surface area contributed by atoms with Gasteiger partial charge >= 0.3 is 12.1 Å². The molecule has 1 aromatic carbocycles. The SMILES string of the molecule is COc1cc(-c2cnc3cc(-c4cnn(CC(=O)OC(C)(C)C)c4)ccn23)cc(OC)c1C(=O)CCC(F)(F)F. The number of benzene rings is 1. The first kappa shape index (κ1) is 28.7. The van der Waals surface area contributed by atoms with Gasteiger partial charge in [0.25, 0.3) is 0 Å². The lowest BCUT2D eigenvalue weighted by atomic mass is 10.0. The van der Waals surface area contributed by atoms with Crippen LogP contribution in [0.2, 0.25) is 0 Å². The Bertz CT molecular complexity index is 1520. The highest BCUT2D eigenvalue weighted by Crippen LogP contribution is 2.37. The fourth-order valence-corrected chi connectivity index (χ4v) is 4.19. The van der Waals surface area contributed by atoms with Crippen molar-refractivity contribution in [1.82, 2.24) is 19.2 Å². The normalized spacial score (nSPS) is 12.0. The third-order valence-electron chi connectivity index (χ3n) is 5.91. The van der Waals surface area contributed by atoms with Gasteiger partial charge in [-0.3, -0.25) is 18.7 Å². The van der Waals surface area contributed by atoms with Crippen LogP contribution in [0.25, 0.3) is 28.0 Å². The molecule has 4 rings (SSSR count). The van der Waals surface area contributed by atoms with E-state index in [0.29, 0.717) is 16.9 Å². The number of ether oxygens (including phenoxy) is 3. The highest BCUT2D eigenvalue weighted by Gasteiger charge is 2.30. The summed E-state index contributed by atoms with van der Waals surface area (Å²) >= 11 is 0. The van der Waals surface area contributed by atoms with Gasteiger partial charge in [0.15, 0.2) is 5.78 Å². The van der Waals surface area contributed by atoms with E-state index in [1.807, 2.05) is 16.5 Å². The Hall–Kier alpha value is -4.35. The first-order valence-electron chi connectivity index (χ1n) is 12.4. The first-order valence-corrected chi connectivity index (χ1v) is 12.4. The van der Waals surface area contributed by atoms with Gasteiger partial charge in [-0.15, -0.1) is 0 Å². The van der Waals surface area contributed by atoms with E-state index in [0.717, 1.165) is 11.1 Å². The minimum atomic E-state index is -4.46. The third kappa shape index (κ3) is 6.61. The minimum absolute atomic E-state index is 0.0224. The van der Waals surface area contributed by atoms with Gasteiger partial charge in [-0.05, 0) is 50.6 Å². The maximum absolute atomic E-state index is 12.7. The molecular formula is C28H29F3N4O5. The average molecular weight is 559 g/mol. The van der Waals surface area contributed by atoms with Crippen LogP contribution in [0.3, 0.4) is 0 Å². The van der Waals surface area contributed by atoms with Crippen LogP contribution >= 0.6 is 0 Å². The Morgan fingerprint density at radius 3 is 2.23 bits per heavy atom. The highest BCUT2D eigenvalue weighted by molar-refractivity contribution is 6.02. The molecule has 0 saturated carbocycles. The van der Waals surface area contributed by atoms with Crippen molar-refractivity contribution in [1.29, 1.82) is 0 Å². The van der Waals surface area contributed by atoms with Crippen molar-refractivity contribution in [2.75, 3.05) is 14.2 Å². The van der Waals surface area contributed by atoms with Gasteiger partial charge in [0.05, 0.1) is 38.7 Å². The summed E-state index contributed by atoms with van der Waals surface area (Å²) in [6.45, 7) is 5.37. The first-order chi connectivity index (χ1) is 18.8. The summed E-state index contributed by atoms with van der Waals surface area (Å²) in [6, 6.07) is 6.85. The Balaban J connectivity index is 1.62. The minimum Gasteiger partial charge on any atom is -0.496 e. The molecule has 0 aliphatic rings. The molecule has 0 atom stereocenters. The van der Waals surface area contributed by atoms with Crippen LogP contribution in [0.15, 0.2) is 49.1 Å². The molecule has 9 nitrogen and oxygen atoms in total. The summed E-state index contributed by atoms with van der Waals surface area (Å²) < 4.78 is 57.5. The number of imidazole rings is 1. The quantitative estimate of drug-likeness (QED) is 0.191. The molecule has 0 unspecified atom stereocenters. The number of fused-ring (bicyclic) bond motifs is 1. The van der Waals surface area contributed by atoms with Crippen molar-refractivity contribution in [3.05, 3.63) is 54.6 Å². The van der Waals surface area contributed by atoms with Crippen molar-refractivity contribution < 1.29 is 37.0 Å². The van der Waals surface area contributed by atoms with Crippen LogP contribution in [-0.2, 0) is 16.1 Å². The van der Waals surface area contributed by atoms with E-state index in [2.05, 4.69) is 10.1 Å². The van der Waals surface area contributed by atoms with Crippen LogP contribution in [0.5, 0.6) is 11.5 Å². The number of hydrogen-bond donors (Lipinski definition) is 0. The molecule has 212 valence electrons. The number of carbonyl (C=O) groups excluding carboxylic acids is 2. The van der Waals surface area contributed by atoms with E-state index >= 15 is 0 Å². The third-order valence-corrected chi connectivity index (χ3v) is 5.91. The summed E-state index contributed by atoms with van der Waals surface area (Å²) in [4.78, 5) is 29.3. The fourth-order valence-electron chi connectivity index (χ4n) is 4.19. The summed E-state index contributed by atoms with van der Waals surface area (Å²) in [5.41, 5.74) is 2.81. The number of ketones is 1. The van der Waals surface area contributed by atoms with Gasteiger partial charge in [0, 0.05) is 29.9 Å². The molecular weight excluding hydrogens is 529 g/mol. The van der Waals surface area contributed by atoms with E-state index in [-0.39, 0.29) is 23.6 Å². The molecule has 0 bridgehead atoms. The molecule has 0 aliphatic carbocycles. The number of Topliss-reactive ketones (excluding diaryl/α,β-unsaturated/α-hetero) is 1. The lowest BCUT2D eigenvalue weighted by molar-refractivity contribution is -0.155. The zero-order valence-corrected chi connectivity index (χ0v) is 22.7. The van der Waals surface area contributed by atoms with Gasteiger partial charge in [0.2, 0.25) is 0 Å². The monoisotopic (exact) mass is 558 g/mol. The van der Waals surface area contributed by atoms with Crippen LogP contribution in [0, 0.1) is 0 Å². The standard InChI is InChI=1S/C28H29F3N4O5/c1-27(2,3)40-25(37)16-34-15-19(13-33-34)17-7-9-35-20(14-32-24(35)12-17)18-10-22(38-4)26(23(11-18)39-5)21(36)6-8-28(29,30)31/h7,9-15H,6,8,16H2,1-5H3. The molecule has 0 N–H and O–H groups in total. The van der Waals surface area contributed by atoms with Crippen molar-refractivity contribution in [3.8, 4) is 33.9 Å². The molecule has 12 heteroatoms. The predicted molar refractivity (Wildman–Crippen MR) is 140 cm³/mol. The Kier molecular flexibility index (Phi) is 7.90. The summed E-state index contributed by atoms with van der Waals surface area (Å²) in [6.07, 6.45) is 0.401.